The van der Waals surface area contributed by atoms with Gasteiger partial charge in [-0.1, -0.05) is 51.1 Å². The third-order valence-corrected chi connectivity index (χ3v) is 3.28. The first-order valence-corrected chi connectivity index (χ1v) is 7.16. The summed E-state index contributed by atoms with van der Waals surface area (Å²) < 4.78 is 7.14. The van der Waals surface area contributed by atoms with Crippen LogP contribution < -0.4 is 0 Å². The SMILES string of the molecule is CCOC(=O)c1nc(C(C)(C)C)n(C)c1-c1ccccc1. The summed E-state index contributed by atoms with van der Waals surface area (Å²) in [4.78, 5) is 16.8. The molecule has 0 aliphatic rings. The van der Waals surface area contributed by atoms with Crippen LogP contribution in [0, 0.1) is 0 Å². The van der Waals surface area contributed by atoms with Gasteiger partial charge < -0.3 is 9.30 Å². The monoisotopic (exact) mass is 286 g/mol. The van der Waals surface area contributed by atoms with Crippen molar-refractivity contribution in [1.82, 2.24) is 9.55 Å². The maximum absolute atomic E-state index is 12.2. The van der Waals surface area contributed by atoms with Crippen molar-refractivity contribution in [3.05, 3.63) is 41.9 Å². The minimum absolute atomic E-state index is 0.150. The quantitative estimate of drug-likeness (QED) is 0.810. The third-order valence-electron chi connectivity index (χ3n) is 3.28. The Bertz CT molecular complexity index is 637. The van der Waals surface area contributed by atoms with E-state index >= 15 is 0 Å². The molecule has 0 radical (unpaired) electrons. The number of nitrogens with zero attached hydrogens (tertiary/aromatic N) is 2. The summed E-state index contributed by atoms with van der Waals surface area (Å²) in [5.41, 5.74) is 2.00. The highest BCUT2D eigenvalue weighted by Crippen LogP contribution is 2.30. The van der Waals surface area contributed by atoms with Crippen LogP contribution in [0.3, 0.4) is 0 Å². The second kappa shape index (κ2) is 5.72. The predicted molar refractivity (Wildman–Crippen MR) is 83.3 cm³/mol. The van der Waals surface area contributed by atoms with Crippen molar-refractivity contribution in [2.45, 2.75) is 33.1 Å². The molecule has 112 valence electrons. The van der Waals surface area contributed by atoms with Gasteiger partial charge in [-0.25, -0.2) is 9.78 Å². The Hall–Kier alpha value is -2.10. The molecule has 2 rings (SSSR count). The molecule has 4 nitrogen and oxygen atoms in total. The number of esters is 1. The van der Waals surface area contributed by atoms with Crippen molar-refractivity contribution in [2.24, 2.45) is 7.05 Å². The van der Waals surface area contributed by atoms with E-state index in [1.54, 1.807) is 6.92 Å². The molecule has 1 aromatic carbocycles. The average molecular weight is 286 g/mol. The Balaban J connectivity index is 2.66. The van der Waals surface area contributed by atoms with Crippen LogP contribution in [0.5, 0.6) is 0 Å². The van der Waals surface area contributed by atoms with Crippen molar-refractivity contribution in [2.75, 3.05) is 6.61 Å². The van der Waals surface area contributed by atoms with Crippen LogP contribution in [-0.2, 0) is 17.2 Å². The molecule has 2 aromatic rings. The van der Waals surface area contributed by atoms with Gasteiger partial charge in [-0.2, -0.15) is 0 Å². The van der Waals surface area contributed by atoms with Crippen LogP contribution in [-0.4, -0.2) is 22.1 Å². The Kier molecular flexibility index (Phi) is 4.16. The number of hydrogen-bond donors (Lipinski definition) is 0. The first kappa shape index (κ1) is 15.3. The van der Waals surface area contributed by atoms with E-state index in [0.717, 1.165) is 17.1 Å². The van der Waals surface area contributed by atoms with E-state index < -0.39 is 0 Å². The molecule has 0 aliphatic heterocycles. The van der Waals surface area contributed by atoms with Gasteiger partial charge in [0, 0.05) is 18.0 Å². The fourth-order valence-corrected chi connectivity index (χ4v) is 2.44. The van der Waals surface area contributed by atoms with Gasteiger partial charge in [0.05, 0.1) is 12.3 Å². The Morgan fingerprint density at radius 1 is 1.24 bits per heavy atom. The largest absolute Gasteiger partial charge is 0.461 e. The van der Waals surface area contributed by atoms with E-state index in [1.165, 1.54) is 0 Å². The number of carbonyl (C=O) groups excluding carboxylic acids is 1. The molecule has 1 heterocycles. The standard InChI is InChI=1S/C17H22N2O2/c1-6-21-15(20)13-14(12-10-8-7-9-11-12)19(5)16(18-13)17(2,3)4/h7-11H,6H2,1-5H3. The van der Waals surface area contributed by atoms with Gasteiger partial charge in [-0.05, 0) is 6.92 Å². The fraction of sp³-hybridized carbons (Fsp3) is 0.412. The van der Waals surface area contributed by atoms with Crippen LogP contribution in [0.4, 0.5) is 0 Å². The zero-order chi connectivity index (χ0) is 15.6. The maximum Gasteiger partial charge on any atom is 0.359 e. The highest BCUT2D eigenvalue weighted by Gasteiger charge is 2.28. The molecular weight excluding hydrogens is 264 g/mol. The summed E-state index contributed by atoms with van der Waals surface area (Å²) in [6.07, 6.45) is 0. The summed E-state index contributed by atoms with van der Waals surface area (Å²) in [5.74, 6) is 0.492. The van der Waals surface area contributed by atoms with Crippen molar-refractivity contribution in [3.63, 3.8) is 0 Å². The van der Waals surface area contributed by atoms with E-state index in [1.807, 2.05) is 41.9 Å². The van der Waals surface area contributed by atoms with Gasteiger partial charge in [-0.3, -0.25) is 0 Å². The Morgan fingerprint density at radius 2 is 1.86 bits per heavy atom. The molecular formula is C17H22N2O2. The van der Waals surface area contributed by atoms with Crippen molar-refractivity contribution >= 4 is 5.97 Å². The minimum Gasteiger partial charge on any atom is -0.461 e. The molecule has 4 heteroatoms. The lowest BCUT2D eigenvalue weighted by molar-refractivity contribution is 0.0521. The minimum atomic E-state index is -0.373. The molecule has 0 bridgehead atoms. The Morgan fingerprint density at radius 3 is 2.38 bits per heavy atom. The second-order valence-corrected chi connectivity index (χ2v) is 6.03. The van der Waals surface area contributed by atoms with E-state index in [2.05, 4.69) is 25.8 Å². The third kappa shape index (κ3) is 2.99. The predicted octanol–water partition coefficient (Wildman–Crippen LogP) is 3.56. The molecule has 0 aliphatic carbocycles. The van der Waals surface area contributed by atoms with E-state index in [0.29, 0.717) is 12.3 Å². The zero-order valence-electron chi connectivity index (χ0n) is 13.3. The topological polar surface area (TPSA) is 44.1 Å². The number of benzene rings is 1. The van der Waals surface area contributed by atoms with Crippen LogP contribution in [0.25, 0.3) is 11.3 Å². The van der Waals surface area contributed by atoms with E-state index in [-0.39, 0.29) is 11.4 Å². The average Bonchev–Trinajstić information content (AvgIpc) is 2.77. The molecule has 21 heavy (non-hydrogen) atoms. The second-order valence-electron chi connectivity index (χ2n) is 6.03. The molecule has 0 atom stereocenters. The van der Waals surface area contributed by atoms with Crippen molar-refractivity contribution < 1.29 is 9.53 Å². The molecule has 1 aromatic heterocycles. The highest BCUT2D eigenvalue weighted by atomic mass is 16.5. The van der Waals surface area contributed by atoms with Gasteiger partial charge >= 0.3 is 5.97 Å². The van der Waals surface area contributed by atoms with Crippen LogP contribution in [0.15, 0.2) is 30.3 Å². The molecule has 0 N–H and O–H groups in total. The number of rotatable bonds is 3. The lowest BCUT2D eigenvalue weighted by Gasteiger charge is -2.18. The summed E-state index contributed by atoms with van der Waals surface area (Å²) in [5, 5.41) is 0. The molecule has 0 saturated heterocycles. The number of carbonyl (C=O) groups is 1. The normalized spacial score (nSPS) is 11.5. The summed E-state index contributed by atoms with van der Waals surface area (Å²) >= 11 is 0. The van der Waals surface area contributed by atoms with Gasteiger partial charge in [-0.15, -0.1) is 0 Å². The molecule has 0 unspecified atom stereocenters. The lowest BCUT2D eigenvalue weighted by atomic mass is 9.96. The summed E-state index contributed by atoms with van der Waals surface area (Å²) in [7, 11) is 1.94. The highest BCUT2D eigenvalue weighted by molar-refractivity contribution is 5.94. The van der Waals surface area contributed by atoms with Crippen molar-refractivity contribution in [1.29, 1.82) is 0 Å². The number of ether oxygens (including phenoxy) is 1. The molecule has 0 amide bonds. The van der Waals surface area contributed by atoms with Gasteiger partial charge in [0.1, 0.15) is 5.82 Å². The first-order chi connectivity index (χ1) is 9.86. The van der Waals surface area contributed by atoms with E-state index in [4.69, 9.17) is 4.74 Å². The van der Waals surface area contributed by atoms with Gasteiger partial charge in [0.2, 0.25) is 0 Å². The first-order valence-electron chi connectivity index (χ1n) is 7.16. The molecule has 0 fully saturated rings. The smallest absolute Gasteiger partial charge is 0.359 e. The summed E-state index contributed by atoms with van der Waals surface area (Å²) in [6, 6.07) is 9.81. The summed E-state index contributed by atoms with van der Waals surface area (Å²) in [6.45, 7) is 8.39. The van der Waals surface area contributed by atoms with Crippen LogP contribution >= 0.6 is 0 Å². The maximum atomic E-state index is 12.2. The van der Waals surface area contributed by atoms with Crippen LogP contribution in [0.1, 0.15) is 44.0 Å². The fourth-order valence-electron chi connectivity index (χ4n) is 2.44. The van der Waals surface area contributed by atoms with E-state index in [9.17, 15) is 4.79 Å². The van der Waals surface area contributed by atoms with Gasteiger partial charge in [0.15, 0.2) is 5.69 Å². The zero-order valence-corrected chi connectivity index (χ0v) is 13.3. The van der Waals surface area contributed by atoms with Crippen LogP contribution in [0.2, 0.25) is 0 Å². The van der Waals surface area contributed by atoms with Gasteiger partial charge in [0.25, 0.3) is 0 Å². The number of hydrogen-bond acceptors (Lipinski definition) is 3. The molecule has 0 spiro atoms. The number of imidazole rings is 1. The number of aromatic nitrogens is 2. The Labute approximate surface area is 125 Å². The lowest BCUT2D eigenvalue weighted by Crippen LogP contribution is -2.17. The molecule has 0 saturated carbocycles. The van der Waals surface area contributed by atoms with Crippen molar-refractivity contribution in [3.8, 4) is 11.3 Å².